The van der Waals surface area contributed by atoms with E-state index in [0.29, 0.717) is 11.9 Å². The zero-order chi connectivity index (χ0) is 6.57. The maximum absolute atomic E-state index is 9.86. The van der Waals surface area contributed by atoms with E-state index in [-0.39, 0.29) is 0 Å². The monoisotopic (exact) mass is 114 g/mol. The Bertz CT molecular complexity index is 103. The minimum atomic E-state index is -0.514. The Kier molecular flexibility index (Phi) is 3.12. The van der Waals surface area contributed by atoms with Gasteiger partial charge in [0, 0.05) is 0 Å². The van der Waals surface area contributed by atoms with Crippen LogP contribution in [0.4, 0.5) is 0 Å². The second kappa shape index (κ2) is 3.38. The van der Waals surface area contributed by atoms with E-state index in [4.69, 9.17) is 5.11 Å². The highest BCUT2D eigenvalue weighted by atomic mass is 16.3. The van der Waals surface area contributed by atoms with Crippen LogP contribution in [0.1, 0.15) is 13.8 Å². The van der Waals surface area contributed by atoms with E-state index < -0.39 is 6.10 Å². The average Bonchev–Trinajstić information content (AvgIpc) is 1.65. The van der Waals surface area contributed by atoms with Gasteiger partial charge in [-0.1, -0.05) is 6.08 Å². The highest BCUT2D eigenvalue weighted by Gasteiger charge is 1.88. The molecule has 0 radical (unpaired) electrons. The number of carbonyl (C=O) groups is 1. The summed E-state index contributed by atoms with van der Waals surface area (Å²) in [4.78, 5) is 9.86. The van der Waals surface area contributed by atoms with Gasteiger partial charge in [-0.05, 0) is 19.4 Å². The molecule has 0 aromatic heterocycles. The van der Waals surface area contributed by atoms with Crippen molar-refractivity contribution in [2.24, 2.45) is 0 Å². The van der Waals surface area contributed by atoms with Crippen molar-refractivity contribution in [1.82, 2.24) is 0 Å². The molecule has 0 rings (SSSR count). The Morgan fingerprint density at radius 1 is 1.75 bits per heavy atom. The largest absolute Gasteiger partial charge is 0.389 e. The molecule has 0 saturated carbocycles. The standard InChI is InChI=1S/C6H10O2/c1-5(4-7)3-6(2)8/h3-4,6,8H,1-2H3. The fourth-order valence-corrected chi connectivity index (χ4v) is 0.420. The van der Waals surface area contributed by atoms with E-state index in [1.54, 1.807) is 13.8 Å². The number of allylic oxidation sites excluding steroid dienone is 1. The van der Waals surface area contributed by atoms with Gasteiger partial charge in [0.1, 0.15) is 6.29 Å². The van der Waals surface area contributed by atoms with E-state index >= 15 is 0 Å². The van der Waals surface area contributed by atoms with Gasteiger partial charge in [0.2, 0.25) is 0 Å². The third-order valence-corrected chi connectivity index (χ3v) is 0.690. The van der Waals surface area contributed by atoms with Crippen LogP contribution in [0.3, 0.4) is 0 Å². The number of aliphatic hydroxyl groups excluding tert-OH is 1. The first-order valence-electron chi connectivity index (χ1n) is 2.48. The molecule has 0 aliphatic heterocycles. The van der Waals surface area contributed by atoms with E-state index in [9.17, 15) is 4.79 Å². The van der Waals surface area contributed by atoms with Gasteiger partial charge in [-0.25, -0.2) is 0 Å². The topological polar surface area (TPSA) is 37.3 Å². The number of aliphatic hydroxyl groups is 1. The molecule has 8 heavy (non-hydrogen) atoms. The van der Waals surface area contributed by atoms with Crippen molar-refractivity contribution >= 4 is 6.29 Å². The molecule has 1 N–H and O–H groups in total. The number of carbonyl (C=O) groups excluding carboxylic acids is 1. The van der Waals surface area contributed by atoms with Gasteiger partial charge in [0.25, 0.3) is 0 Å². The van der Waals surface area contributed by atoms with Crippen molar-refractivity contribution in [3.8, 4) is 0 Å². The average molecular weight is 114 g/mol. The first-order valence-corrected chi connectivity index (χ1v) is 2.48. The van der Waals surface area contributed by atoms with Crippen molar-refractivity contribution in [2.45, 2.75) is 20.0 Å². The maximum atomic E-state index is 9.86. The van der Waals surface area contributed by atoms with Gasteiger partial charge in [-0.2, -0.15) is 0 Å². The van der Waals surface area contributed by atoms with Gasteiger partial charge in [0.05, 0.1) is 6.10 Å². The summed E-state index contributed by atoms with van der Waals surface area (Å²) < 4.78 is 0. The lowest BCUT2D eigenvalue weighted by Crippen LogP contribution is -1.94. The van der Waals surface area contributed by atoms with Crippen molar-refractivity contribution < 1.29 is 9.90 Å². The Morgan fingerprint density at radius 3 is 2.38 bits per heavy atom. The smallest absolute Gasteiger partial charge is 0.145 e. The first kappa shape index (κ1) is 7.37. The lowest BCUT2D eigenvalue weighted by Gasteiger charge is -1.92. The molecule has 0 spiro atoms. The molecule has 0 aliphatic carbocycles. The zero-order valence-electron chi connectivity index (χ0n) is 5.09. The Morgan fingerprint density at radius 2 is 2.25 bits per heavy atom. The fourth-order valence-electron chi connectivity index (χ4n) is 0.420. The van der Waals surface area contributed by atoms with Crippen molar-refractivity contribution in [3.63, 3.8) is 0 Å². The Labute approximate surface area is 48.8 Å². The first-order chi connectivity index (χ1) is 3.66. The molecular formula is C6H10O2. The van der Waals surface area contributed by atoms with Crippen LogP contribution in [0.25, 0.3) is 0 Å². The lowest BCUT2D eigenvalue weighted by molar-refractivity contribution is -0.104. The third-order valence-electron chi connectivity index (χ3n) is 0.690. The fraction of sp³-hybridized carbons (Fsp3) is 0.500. The van der Waals surface area contributed by atoms with Crippen LogP contribution in [0.5, 0.6) is 0 Å². The number of hydrogen-bond donors (Lipinski definition) is 1. The predicted octanol–water partition coefficient (Wildman–Crippen LogP) is 0.512. The minimum Gasteiger partial charge on any atom is -0.389 e. The van der Waals surface area contributed by atoms with Crippen LogP contribution in [0.2, 0.25) is 0 Å². The molecule has 46 valence electrons. The summed E-state index contributed by atoms with van der Waals surface area (Å²) in [5, 5.41) is 8.62. The molecule has 1 atom stereocenters. The second-order valence-corrected chi connectivity index (χ2v) is 1.77. The third kappa shape index (κ3) is 3.56. The Hall–Kier alpha value is -0.630. The highest BCUT2D eigenvalue weighted by molar-refractivity contribution is 5.72. The van der Waals surface area contributed by atoms with Gasteiger partial charge in [-0.3, -0.25) is 4.79 Å². The number of rotatable bonds is 2. The maximum Gasteiger partial charge on any atom is 0.145 e. The predicted molar refractivity (Wildman–Crippen MR) is 31.5 cm³/mol. The highest BCUT2D eigenvalue weighted by Crippen LogP contribution is 1.89. The summed E-state index contributed by atoms with van der Waals surface area (Å²) in [5.41, 5.74) is 0.569. The number of aldehydes is 1. The van der Waals surface area contributed by atoms with Gasteiger partial charge in [-0.15, -0.1) is 0 Å². The molecule has 0 aliphatic rings. The molecule has 0 aromatic rings. The van der Waals surface area contributed by atoms with Crippen molar-refractivity contribution in [2.75, 3.05) is 0 Å². The summed E-state index contributed by atoms with van der Waals surface area (Å²) in [6.07, 6.45) is 1.69. The molecule has 2 heteroatoms. The van der Waals surface area contributed by atoms with E-state index in [0.717, 1.165) is 0 Å². The van der Waals surface area contributed by atoms with Crippen LogP contribution >= 0.6 is 0 Å². The van der Waals surface area contributed by atoms with Crippen LogP contribution in [-0.4, -0.2) is 17.5 Å². The Balaban J connectivity index is 3.74. The molecule has 2 nitrogen and oxygen atoms in total. The van der Waals surface area contributed by atoms with E-state index in [1.165, 1.54) is 6.08 Å². The SMILES string of the molecule is CC(C=O)=CC(C)O. The lowest BCUT2D eigenvalue weighted by atomic mass is 10.2. The summed E-state index contributed by atoms with van der Waals surface area (Å²) in [5.74, 6) is 0. The minimum absolute atomic E-state index is 0.514. The normalized spacial score (nSPS) is 15.6. The molecule has 0 aromatic carbocycles. The van der Waals surface area contributed by atoms with Crippen molar-refractivity contribution in [1.29, 1.82) is 0 Å². The summed E-state index contributed by atoms with van der Waals surface area (Å²) >= 11 is 0. The van der Waals surface area contributed by atoms with Crippen LogP contribution in [0, 0.1) is 0 Å². The number of hydrogen-bond acceptors (Lipinski definition) is 2. The van der Waals surface area contributed by atoms with Gasteiger partial charge in [0.15, 0.2) is 0 Å². The molecule has 0 fully saturated rings. The molecule has 0 amide bonds. The summed E-state index contributed by atoms with van der Waals surface area (Å²) in [6, 6.07) is 0. The van der Waals surface area contributed by atoms with Gasteiger partial charge >= 0.3 is 0 Å². The van der Waals surface area contributed by atoms with E-state index in [2.05, 4.69) is 0 Å². The summed E-state index contributed by atoms with van der Waals surface area (Å²) in [6.45, 7) is 3.26. The van der Waals surface area contributed by atoms with Gasteiger partial charge < -0.3 is 5.11 Å². The summed E-state index contributed by atoms with van der Waals surface area (Å²) in [7, 11) is 0. The molecule has 0 bridgehead atoms. The second-order valence-electron chi connectivity index (χ2n) is 1.77. The molecule has 0 saturated heterocycles. The zero-order valence-corrected chi connectivity index (χ0v) is 5.09. The van der Waals surface area contributed by atoms with Crippen LogP contribution < -0.4 is 0 Å². The van der Waals surface area contributed by atoms with Crippen LogP contribution in [-0.2, 0) is 4.79 Å². The van der Waals surface area contributed by atoms with E-state index in [1.807, 2.05) is 0 Å². The quantitative estimate of drug-likeness (QED) is 0.419. The molecular weight excluding hydrogens is 104 g/mol. The molecule has 1 unspecified atom stereocenters. The van der Waals surface area contributed by atoms with Crippen LogP contribution in [0.15, 0.2) is 11.6 Å². The molecule has 0 heterocycles. The van der Waals surface area contributed by atoms with Crippen molar-refractivity contribution in [3.05, 3.63) is 11.6 Å².